The number of rotatable bonds is 2. The van der Waals surface area contributed by atoms with Gasteiger partial charge in [-0.15, -0.1) is 0 Å². The van der Waals surface area contributed by atoms with Crippen molar-refractivity contribution in [2.45, 2.75) is 18.9 Å². The van der Waals surface area contributed by atoms with Gasteiger partial charge in [0.15, 0.2) is 6.29 Å². The first-order chi connectivity index (χ1) is 8.69. The highest BCUT2D eigenvalue weighted by Crippen LogP contribution is 2.49. The van der Waals surface area contributed by atoms with Crippen molar-refractivity contribution in [3.05, 3.63) is 18.0 Å². The van der Waals surface area contributed by atoms with E-state index < -0.39 is 0 Å². The predicted octanol–water partition coefficient (Wildman–Crippen LogP) is 1.14. The molecule has 2 N–H and O–H groups in total. The largest absolute Gasteiger partial charge is 0.361 e. The number of hydrogen-bond donors (Lipinski definition) is 1. The number of hydrogen-bond acceptors (Lipinski definition) is 5. The monoisotopic (exact) mass is 262 g/mol. The first-order valence-corrected chi connectivity index (χ1v) is 6.94. The highest BCUT2D eigenvalue weighted by Gasteiger charge is 2.51. The fourth-order valence-electron chi connectivity index (χ4n) is 3.25. The summed E-state index contributed by atoms with van der Waals surface area (Å²) in [5.41, 5.74) is 7.02. The maximum atomic E-state index is 10.9. The molecule has 2 aromatic rings. The molecule has 0 aromatic carbocycles. The van der Waals surface area contributed by atoms with Crippen molar-refractivity contribution >= 4 is 27.5 Å². The van der Waals surface area contributed by atoms with Crippen molar-refractivity contribution in [1.82, 2.24) is 9.61 Å². The van der Waals surface area contributed by atoms with Crippen LogP contribution in [0.1, 0.15) is 23.2 Å². The van der Waals surface area contributed by atoms with Gasteiger partial charge in [0.25, 0.3) is 0 Å². The molecule has 4 rings (SSSR count). The molecule has 2 fully saturated rings. The molecule has 0 unspecified atom stereocenters. The van der Waals surface area contributed by atoms with Gasteiger partial charge in [-0.1, -0.05) is 11.3 Å². The first-order valence-electron chi connectivity index (χ1n) is 6.12. The summed E-state index contributed by atoms with van der Waals surface area (Å²) >= 11 is 1.64. The third-order valence-electron chi connectivity index (χ3n) is 4.09. The average Bonchev–Trinajstić information content (AvgIpc) is 2.79. The summed E-state index contributed by atoms with van der Waals surface area (Å²) in [5, 5.41) is 5.38. The van der Waals surface area contributed by atoms with Gasteiger partial charge in [-0.3, -0.25) is 4.79 Å². The minimum atomic E-state index is 0.412. The number of aldehydes is 1. The van der Waals surface area contributed by atoms with Gasteiger partial charge in [0.05, 0.1) is 18.0 Å². The van der Waals surface area contributed by atoms with Crippen molar-refractivity contribution in [1.29, 1.82) is 0 Å². The lowest BCUT2D eigenvalue weighted by Gasteiger charge is -2.58. The Kier molecular flexibility index (Phi) is 1.95. The Bertz CT molecular complexity index is 617. The molecule has 3 heterocycles. The second-order valence-electron chi connectivity index (χ2n) is 5.56. The Labute approximate surface area is 108 Å². The minimum Gasteiger partial charge on any atom is -0.361 e. The number of anilines is 1. The van der Waals surface area contributed by atoms with Gasteiger partial charge >= 0.3 is 0 Å². The van der Waals surface area contributed by atoms with Crippen molar-refractivity contribution in [3.8, 4) is 0 Å². The summed E-state index contributed by atoms with van der Waals surface area (Å²) in [4.78, 5) is 14.2. The molecule has 1 aliphatic carbocycles. The Balaban J connectivity index is 1.57. The molecule has 1 spiro atoms. The summed E-state index contributed by atoms with van der Waals surface area (Å²) in [5.74, 6) is 0. The maximum absolute atomic E-state index is 10.9. The molecule has 0 radical (unpaired) electrons. The van der Waals surface area contributed by atoms with E-state index in [2.05, 4.69) is 10.00 Å². The molecule has 0 bridgehead atoms. The molecule has 2 aromatic heterocycles. The van der Waals surface area contributed by atoms with Crippen LogP contribution in [0.25, 0.3) is 4.83 Å². The van der Waals surface area contributed by atoms with Gasteiger partial charge in [-0.25, -0.2) is 4.52 Å². The van der Waals surface area contributed by atoms with E-state index in [1.807, 2.05) is 6.20 Å². The van der Waals surface area contributed by atoms with Gasteiger partial charge in [0.2, 0.25) is 0 Å². The predicted molar refractivity (Wildman–Crippen MR) is 70.3 cm³/mol. The van der Waals surface area contributed by atoms with Gasteiger partial charge in [-0.05, 0) is 12.8 Å². The quantitative estimate of drug-likeness (QED) is 0.824. The Morgan fingerprint density at radius 3 is 2.94 bits per heavy atom. The lowest BCUT2D eigenvalue weighted by atomic mass is 9.61. The van der Waals surface area contributed by atoms with E-state index in [0.717, 1.165) is 37.0 Å². The minimum absolute atomic E-state index is 0.412. The zero-order valence-corrected chi connectivity index (χ0v) is 10.7. The van der Waals surface area contributed by atoms with Crippen LogP contribution in [0.4, 0.5) is 5.00 Å². The van der Waals surface area contributed by atoms with Crippen LogP contribution in [-0.4, -0.2) is 35.0 Å². The van der Waals surface area contributed by atoms with Gasteiger partial charge in [0, 0.05) is 24.5 Å². The number of carbonyl (C=O) groups excluding carboxylic acids is 1. The van der Waals surface area contributed by atoms with Crippen LogP contribution in [0.3, 0.4) is 0 Å². The van der Waals surface area contributed by atoms with Crippen molar-refractivity contribution < 1.29 is 4.79 Å². The normalized spacial score (nSPS) is 22.2. The standard InChI is InChI=1S/C12H14N4OS/c13-9-1-12(2-9)6-15(7-12)10-4-16-11(18-10)8(5-17)3-14-16/h3-5,9H,1-2,6-7,13H2. The zero-order valence-electron chi connectivity index (χ0n) is 9.87. The molecule has 2 aliphatic rings. The first kappa shape index (κ1) is 10.5. The van der Waals surface area contributed by atoms with E-state index in [4.69, 9.17) is 5.73 Å². The van der Waals surface area contributed by atoms with E-state index in [1.165, 1.54) is 5.00 Å². The molecule has 1 saturated heterocycles. The number of nitrogens with two attached hydrogens (primary N) is 1. The molecule has 6 heteroatoms. The topological polar surface area (TPSA) is 63.6 Å². The van der Waals surface area contributed by atoms with E-state index in [0.29, 0.717) is 17.0 Å². The van der Waals surface area contributed by atoms with E-state index in [9.17, 15) is 4.79 Å². The number of carbonyl (C=O) groups is 1. The summed E-state index contributed by atoms with van der Waals surface area (Å²) in [6.45, 7) is 2.20. The summed E-state index contributed by atoms with van der Waals surface area (Å²) < 4.78 is 1.79. The molecule has 5 nitrogen and oxygen atoms in total. The van der Waals surface area contributed by atoms with Crippen LogP contribution in [0, 0.1) is 5.41 Å². The smallest absolute Gasteiger partial charge is 0.154 e. The molecular weight excluding hydrogens is 248 g/mol. The number of fused-ring (bicyclic) bond motifs is 1. The van der Waals surface area contributed by atoms with Crippen molar-refractivity contribution in [2.75, 3.05) is 18.0 Å². The summed E-state index contributed by atoms with van der Waals surface area (Å²) in [6.07, 6.45) is 6.81. The second kappa shape index (κ2) is 3.33. The highest BCUT2D eigenvalue weighted by molar-refractivity contribution is 7.21. The molecule has 94 valence electrons. The molecule has 0 amide bonds. The van der Waals surface area contributed by atoms with Crippen LogP contribution >= 0.6 is 11.3 Å². The lowest BCUT2D eigenvalue weighted by Crippen LogP contribution is -2.65. The van der Waals surface area contributed by atoms with Crippen LogP contribution in [0.5, 0.6) is 0 Å². The van der Waals surface area contributed by atoms with Gasteiger partial charge < -0.3 is 10.6 Å². The Morgan fingerprint density at radius 1 is 1.50 bits per heavy atom. The number of nitrogens with zero attached hydrogens (tertiary/aromatic N) is 3. The Morgan fingerprint density at radius 2 is 2.28 bits per heavy atom. The van der Waals surface area contributed by atoms with Gasteiger partial charge in [0.1, 0.15) is 9.83 Å². The molecule has 18 heavy (non-hydrogen) atoms. The lowest BCUT2D eigenvalue weighted by molar-refractivity contribution is 0.0670. The Hall–Kier alpha value is -1.40. The van der Waals surface area contributed by atoms with E-state index in [1.54, 1.807) is 22.0 Å². The van der Waals surface area contributed by atoms with Crippen LogP contribution in [0.2, 0.25) is 0 Å². The number of aromatic nitrogens is 2. The fraction of sp³-hybridized carbons (Fsp3) is 0.500. The third-order valence-corrected chi connectivity index (χ3v) is 5.28. The SMILES string of the molecule is NC1CC2(C1)CN(c1cn3ncc(C=O)c3s1)C2. The zero-order chi connectivity index (χ0) is 12.3. The van der Waals surface area contributed by atoms with Crippen LogP contribution in [0.15, 0.2) is 12.4 Å². The van der Waals surface area contributed by atoms with Crippen molar-refractivity contribution in [2.24, 2.45) is 11.1 Å². The second-order valence-corrected chi connectivity index (χ2v) is 6.57. The summed E-state index contributed by atoms with van der Waals surface area (Å²) in [6, 6.07) is 0.412. The van der Waals surface area contributed by atoms with Gasteiger partial charge in [-0.2, -0.15) is 5.10 Å². The fourth-order valence-corrected chi connectivity index (χ4v) is 4.27. The van der Waals surface area contributed by atoms with Crippen LogP contribution < -0.4 is 10.6 Å². The number of thiazole rings is 1. The van der Waals surface area contributed by atoms with E-state index >= 15 is 0 Å². The molecule has 1 saturated carbocycles. The van der Waals surface area contributed by atoms with Crippen LogP contribution in [-0.2, 0) is 0 Å². The molecular formula is C12H14N4OS. The van der Waals surface area contributed by atoms with Crippen molar-refractivity contribution in [3.63, 3.8) is 0 Å². The molecule has 1 aliphatic heterocycles. The average molecular weight is 262 g/mol. The summed E-state index contributed by atoms with van der Waals surface area (Å²) in [7, 11) is 0. The highest BCUT2D eigenvalue weighted by atomic mass is 32.1. The third kappa shape index (κ3) is 1.30. The maximum Gasteiger partial charge on any atom is 0.154 e. The van der Waals surface area contributed by atoms with E-state index in [-0.39, 0.29) is 0 Å². The molecule has 0 atom stereocenters.